The van der Waals surface area contributed by atoms with Crippen LogP contribution in [0.25, 0.3) is 11.1 Å². The number of hydrogen-bond acceptors (Lipinski definition) is 4. The first kappa shape index (κ1) is 20.2. The number of anilines is 1. The summed E-state index contributed by atoms with van der Waals surface area (Å²) in [5.74, 6) is 0.878. The molecular formula is C25H28N4O. The molecule has 0 bridgehead atoms. The van der Waals surface area contributed by atoms with Crippen LogP contribution >= 0.6 is 0 Å². The zero-order chi connectivity index (χ0) is 20.6. The molecule has 1 saturated carbocycles. The molecule has 4 rings (SSSR count). The Labute approximate surface area is 178 Å². The van der Waals surface area contributed by atoms with Gasteiger partial charge in [0.05, 0.1) is 0 Å². The van der Waals surface area contributed by atoms with Gasteiger partial charge in [-0.1, -0.05) is 49.6 Å². The summed E-state index contributed by atoms with van der Waals surface area (Å²) in [7, 11) is 0. The van der Waals surface area contributed by atoms with Gasteiger partial charge in [-0.15, -0.1) is 0 Å². The molecule has 0 spiro atoms. The number of nitrogens with one attached hydrogen (secondary N) is 2. The fourth-order valence-electron chi connectivity index (χ4n) is 3.90. The SMILES string of the molecule is O=C(Nc1ccc(-c2ccc(CNCc3cccnc3)cc2)cn1)C1CCCCC1. The number of carbonyl (C=O) groups is 1. The maximum atomic E-state index is 12.4. The van der Waals surface area contributed by atoms with Crippen molar-refractivity contribution < 1.29 is 4.79 Å². The summed E-state index contributed by atoms with van der Waals surface area (Å²) in [6, 6.07) is 16.4. The first-order chi connectivity index (χ1) is 14.8. The minimum atomic E-state index is 0.109. The standard InChI is InChI=1S/C25H28N4O/c30-25(22-6-2-1-3-7-22)29-24-13-12-23(18-28-24)21-10-8-19(9-11-21)15-27-17-20-5-4-14-26-16-20/h4-5,8-14,16,18,22,27H,1-3,6-7,15,17H2,(H,28,29,30). The number of pyridine rings is 2. The average Bonchev–Trinajstić information content (AvgIpc) is 2.81. The van der Waals surface area contributed by atoms with Crippen LogP contribution in [-0.4, -0.2) is 15.9 Å². The van der Waals surface area contributed by atoms with Gasteiger partial charge in [0.15, 0.2) is 0 Å². The molecule has 0 atom stereocenters. The van der Waals surface area contributed by atoms with Crippen LogP contribution in [0.5, 0.6) is 0 Å². The minimum absolute atomic E-state index is 0.109. The normalized spacial score (nSPS) is 14.4. The summed E-state index contributed by atoms with van der Waals surface area (Å²) in [6.45, 7) is 1.60. The third-order valence-electron chi connectivity index (χ3n) is 5.66. The van der Waals surface area contributed by atoms with E-state index in [1.54, 1.807) is 6.20 Å². The Kier molecular flexibility index (Phi) is 6.83. The molecule has 2 heterocycles. The second-order valence-electron chi connectivity index (χ2n) is 7.92. The lowest BCUT2D eigenvalue weighted by molar-refractivity contribution is -0.120. The molecule has 5 heteroatoms. The second kappa shape index (κ2) is 10.1. The van der Waals surface area contributed by atoms with Crippen molar-refractivity contribution in [1.82, 2.24) is 15.3 Å². The molecule has 5 nitrogen and oxygen atoms in total. The van der Waals surface area contributed by atoms with Crippen LogP contribution in [0.15, 0.2) is 67.1 Å². The molecule has 1 amide bonds. The average molecular weight is 401 g/mol. The van der Waals surface area contributed by atoms with Gasteiger partial charge in [0.25, 0.3) is 0 Å². The van der Waals surface area contributed by atoms with Gasteiger partial charge in [0.1, 0.15) is 5.82 Å². The molecule has 1 aliphatic carbocycles. The molecule has 1 aromatic carbocycles. The summed E-state index contributed by atoms with van der Waals surface area (Å²) >= 11 is 0. The van der Waals surface area contributed by atoms with Crippen LogP contribution in [0.3, 0.4) is 0 Å². The molecule has 2 N–H and O–H groups in total. The fraction of sp³-hybridized carbons (Fsp3) is 0.320. The molecular weight excluding hydrogens is 372 g/mol. The van der Waals surface area contributed by atoms with E-state index < -0.39 is 0 Å². The van der Waals surface area contributed by atoms with Crippen LogP contribution in [0.2, 0.25) is 0 Å². The van der Waals surface area contributed by atoms with E-state index in [4.69, 9.17) is 0 Å². The van der Waals surface area contributed by atoms with Crippen LogP contribution in [0.4, 0.5) is 5.82 Å². The highest BCUT2D eigenvalue weighted by molar-refractivity contribution is 5.91. The van der Waals surface area contributed by atoms with Gasteiger partial charge in [-0.2, -0.15) is 0 Å². The molecule has 154 valence electrons. The van der Waals surface area contributed by atoms with Crippen molar-refractivity contribution in [2.45, 2.75) is 45.2 Å². The lowest BCUT2D eigenvalue weighted by Crippen LogP contribution is -2.25. The highest BCUT2D eigenvalue weighted by Gasteiger charge is 2.21. The second-order valence-corrected chi connectivity index (χ2v) is 7.92. The minimum Gasteiger partial charge on any atom is -0.310 e. The number of benzene rings is 1. The van der Waals surface area contributed by atoms with Crippen LogP contribution < -0.4 is 10.6 Å². The molecule has 1 aliphatic rings. The largest absolute Gasteiger partial charge is 0.310 e. The van der Waals surface area contributed by atoms with E-state index >= 15 is 0 Å². The first-order valence-electron chi connectivity index (χ1n) is 10.7. The summed E-state index contributed by atoms with van der Waals surface area (Å²) < 4.78 is 0. The van der Waals surface area contributed by atoms with E-state index in [1.807, 2.05) is 30.6 Å². The Morgan fingerprint density at radius 2 is 1.63 bits per heavy atom. The number of carbonyl (C=O) groups excluding carboxylic acids is 1. The van der Waals surface area contributed by atoms with Gasteiger partial charge in [-0.3, -0.25) is 9.78 Å². The van der Waals surface area contributed by atoms with Crippen molar-refractivity contribution in [3.05, 3.63) is 78.2 Å². The molecule has 0 radical (unpaired) electrons. The van der Waals surface area contributed by atoms with E-state index in [9.17, 15) is 4.79 Å². The smallest absolute Gasteiger partial charge is 0.228 e. The van der Waals surface area contributed by atoms with Gasteiger partial charge in [0.2, 0.25) is 5.91 Å². The zero-order valence-electron chi connectivity index (χ0n) is 17.2. The van der Waals surface area contributed by atoms with Crippen molar-refractivity contribution in [1.29, 1.82) is 0 Å². The molecule has 1 fully saturated rings. The fourth-order valence-corrected chi connectivity index (χ4v) is 3.90. The Hall–Kier alpha value is -3.05. The van der Waals surface area contributed by atoms with Crippen molar-refractivity contribution in [3.63, 3.8) is 0 Å². The number of hydrogen-bond donors (Lipinski definition) is 2. The van der Waals surface area contributed by atoms with E-state index in [-0.39, 0.29) is 11.8 Å². The predicted molar refractivity (Wildman–Crippen MR) is 120 cm³/mol. The Morgan fingerprint density at radius 3 is 2.33 bits per heavy atom. The number of nitrogens with zero attached hydrogens (tertiary/aromatic N) is 2. The van der Waals surface area contributed by atoms with Crippen molar-refractivity contribution in [3.8, 4) is 11.1 Å². The summed E-state index contributed by atoms with van der Waals surface area (Å²) in [4.78, 5) is 21.0. The molecule has 0 saturated heterocycles. The highest BCUT2D eigenvalue weighted by atomic mass is 16.1. The van der Waals surface area contributed by atoms with Crippen molar-refractivity contribution >= 4 is 11.7 Å². The van der Waals surface area contributed by atoms with Gasteiger partial charge < -0.3 is 10.6 Å². The molecule has 0 unspecified atom stereocenters. The van der Waals surface area contributed by atoms with E-state index in [0.29, 0.717) is 5.82 Å². The first-order valence-corrected chi connectivity index (χ1v) is 10.7. The van der Waals surface area contributed by atoms with Gasteiger partial charge in [-0.25, -0.2) is 4.98 Å². The van der Waals surface area contributed by atoms with Crippen LogP contribution in [0, 0.1) is 5.92 Å². The highest BCUT2D eigenvalue weighted by Crippen LogP contribution is 2.25. The van der Waals surface area contributed by atoms with E-state index in [2.05, 4.69) is 50.9 Å². The van der Waals surface area contributed by atoms with Gasteiger partial charge >= 0.3 is 0 Å². The third kappa shape index (κ3) is 5.51. The Bertz CT molecular complexity index is 933. The quantitative estimate of drug-likeness (QED) is 0.589. The predicted octanol–water partition coefficient (Wildman–Crippen LogP) is 4.95. The Balaban J connectivity index is 1.30. The van der Waals surface area contributed by atoms with E-state index in [0.717, 1.165) is 49.9 Å². The van der Waals surface area contributed by atoms with Crippen molar-refractivity contribution in [2.75, 3.05) is 5.32 Å². The summed E-state index contributed by atoms with van der Waals surface area (Å²) in [5, 5.41) is 6.41. The van der Waals surface area contributed by atoms with Crippen LogP contribution in [-0.2, 0) is 17.9 Å². The summed E-state index contributed by atoms with van der Waals surface area (Å²) in [5.41, 5.74) is 4.56. The number of amides is 1. The molecule has 3 aromatic rings. The number of aromatic nitrogens is 2. The third-order valence-corrected chi connectivity index (χ3v) is 5.66. The van der Waals surface area contributed by atoms with Gasteiger partial charge in [-0.05, 0) is 47.7 Å². The van der Waals surface area contributed by atoms with E-state index in [1.165, 1.54) is 17.5 Å². The molecule has 30 heavy (non-hydrogen) atoms. The topological polar surface area (TPSA) is 66.9 Å². The lowest BCUT2D eigenvalue weighted by atomic mass is 9.89. The van der Waals surface area contributed by atoms with Crippen LogP contribution in [0.1, 0.15) is 43.2 Å². The Morgan fingerprint density at radius 1 is 0.867 bits per heavy atom. The lowest BCUT2D eigenvalue weighted by Gasteiger charge is -2.20. The summed E-state index contributed by atoms with van der Waals surface area (Å²) in [6.07, 6.45) is 11.0. The zero-order valence-corrected chi connectivity index (χ0v) is 17.2. The van der Waals surface area contributed by atoms with Crippen molar-refractivity contribution in [2.24, 2.45) is 5.92 Å². The molecule has 0 aliphatic heterocycles. The molecule has 2 aromatic heterocycles. The number of rotatable bonds is 7. The maximum absolute atomic E-state index is 12.4. The maximum Gasteiger partial charge on any atom is 0.228 e. The monoisotopic (exact) mass is 400 g/mol. The van der Waals surface area contributed by atoms with Gasteiger partial charge in [0, 0.05) is 43.2 Å².